The molecule has 0 spiro atoms. The normalized spacial score (nSPS) is 24.2. The summed E-state index contributed by atoms with van der Waals surface area (Å²) in [6.45, 7) is 4.92. The molecule has 2 aliphatic heterocycles. The lowest BCUT2D eigenvalue weighted by molar-refractivity contribution is 0.112. The molecule has 2 unspecified atom stereocenters. The lowest BCUT2D eigenvalue weighted by atomic mass is 9.96. The molecule has 0 radical (unpaired) electrons. The Bertz CT molecular complexity index is 817. The van der Waals surface area contributed by atoms with E-state index in [-0.39, 0.29) is 17.9 Å². The molecule has 2 amide bonds. The number of anilines is 1. The van der Waals surface area contributed by atoms with Gasteiger partial charge in [0.2, 0.25) is 0 Å². The summed E-state index contributed by atoms with van der Waals surface area (Å²) < 4.78 is 13.1. The second kappa shape index (κ2) is 7.92. The van der Waals surface area contributed by atoms with Gasteiger partial charge in [0.25, 0.3) is 0 Å². The van der Waals surface area contributed by atoms with Crippen LogP contribution < -0.4 is 10.6 Å². The van der Waals surface area contributed by atoms with Crippen LogP contribution >= 0.6 is 0 Å². The number of fused-ring (bicyclic) bond motifs is 2. The SMILES string of the molecule is Cc1cc(C)cc(NC(=O)NC2CC3CCC(C2)N3Cc2ccc(F)cc2)c1. The summed E-state index contributed by atoms with van der Waals surface area (Å²) in [5, 5.41) is 6.15. The molecule has 2 aromatic rings. The van der Waals surface area contributed by atoms with Crippen molar-refractivity contribution < 1.29 is 9.18 Å². The van der Waals surface area contributed by atoms with Crippen molar-refractivity contribution in [2.45, 2.75) is 64.2 Å². The minimum atomic E-state index is -0.190. The highest BCUT2D eigenvalue weighted by atomic mass is 19.1. The predicted octanol–water partition coefficient (Wildman–Crippen LogP) is 4.76. The molecule has 2 fully saturated rings. The van der Waals surface area contributed by atoms with E-state index in [4.69, 9.17) is 0 Å². The second-order valence-electron chi connectivity index (χ2n) is 8.33. The van der Waals surface area contributed by atoms with Crippen molar-refractivity contribution in [1.29, 1.82) is 0 Å². The van der Waals surface area contributed by atoms with Crippen LogP contribution in [0.15, 0.2) is 42.5 Å². The van der Waals surface area contributed by atoms with Crippen LogP contribution in [0.5, 0.6) is 0 Å². The Hall–Kier alpha value is -2.40. The van der Waals surface area contributed by atoms with E-state index in [1.165, 1.54) is 25.0 Å². The lowest BCUT2D eigenvalue weighted by Gasteiger charge is -2.39. The molecular weight excluding hydrogens is 353 g/mol. The number of benzene rings is 2. The van der Waals surface area contributed by atoms with Crippen molar-refractivity contribution in [3.05, 3.63) is 65.0 Å². The maximum Gasteiger partial charge on any atom is 0.319 e. The van der Waals surface area contributed by atoms with E-state index in [1.54, 1.807) is 0 Å². The first-order valence-corrected chi connectivity index (χ1v) is 10.1. The van der Waals surface area contributed by atoms with Crippen molar-refractivity contribution in [3.63, 3.8) is 0 Å². The Morgan fingerprint density at radius 2 is 1.64 bits per heavy atom. The second-order valence-corrected chi connectivity index (χ2v) is 8.33. The quantitative estimate of drug-likeness (QED) is 0.802. The van der Waals surface area contributed by atoms with Crippen molar-refractivity contribution >= 4 is 11.7 Å². The Balaban J connectivity index is 1.33. The monoisotopic (exact) mass is 381 g/mol. The molecule has 28 heavy (non-hydrogen) atoms. The molecule has 2 saturated heterocycles. The summed E-state index contributed by atoms with van der Waals surface area (Å²) in [5.41, 5.74) is 4.27. The number of amides is 2. The zero-order valence-electron chi connectivity index (χ0n) is 16.5. The number of urea groups is 1. The number of carbonyl (C=O) groups excluding carboxylic acids is 1. The number of aryl methyl sites for hydroxylation is 2. The topological polar surface area (TPSA) is 44.4 Å². The van der Waals surface area contributed by atoms with E-state index in [0.717, 1.165) is 41.8 Å². The van der Waals surface area contributed by atoms with Crippen molar-refractivity contribution in [2.75, 3.05) is 5.32 Å². The molecule has 2 aromatic carbocycles. The zero-order chi connectivity index (χ0) is 19.7. The van der Waals surface area contributed by atoms with E-state index in [2.05, 4.69) is 21.6 Å². The Labute approximate surface area is 166 Å². The summed E-state index contributed by atoms with van der Waals surface area (Å²) in [5.74, 6) is -0.190. The predicted molar refractivity (Wildman–Crippen MR) is 110 cm³/mol. The third-order valence-electron chi connectivity index (χ3n) is 5.98. The summed E-state index contributed by atoms with van der Waals surface area (Å²) >= 11 is 0. The zero-order valence-corrected chi connectivity index (χ0v) is 16.5. The number of hydrogen-bond donors (Lipinski definition) is 2. The number of halogens is 1. The lowest BCUT2D eigenvalue weighted by Crippen LogP contribution is -2.50. The van der Waals surface area contributed by atoms with E-state index in [1.807, 2.05) is 38.1 Å². The third kappa shape index (κ3) is 4.36. The van der Waals surface area contributed by atoms with Gasteiger partial charge in [-0.05, 0) is 80.5 Å². The first-order valence-electron chi connectivity index (χ1n) is 10.1. The van der Waals surface area contributed by atoms with Gasteiger partial charge < -0.3 is 10.6 Å². The summed E-state index contributed by atoms with van der Waals surface area (Å²) in [6, 6.07) is 13.9. The molecule has 0 saturated carbocycles. The first-order chi connectivity index (χ1) is 13.5. The largest absolute Gasteiger partial charge is 0.335 e. The van der Waals surface area contributed by atoms with Gasteiger partial charge in [-0.2, -0.15) is 0 Å². The highest BCUT2D eigenvalue weighted by molar-refractivity contribution is 5.89. The van der Waals surface area contributed by atoms with Crippen LogP contribution in [-0.2, 0) is 6.54 Å². The molecule has 5 heteroatoms. The minimum Gasteiger partial charge on any atom is -0.335 e. The average Bonchev–Trinajstić information content (AvgIpc) is 2.84. The van der Waals surface area contributed by atoms with Crippen molar-refractivity contribution in [1.82, 2.24) is 10.2 Å². The molecule has 4 rings (SSSR count). The van der Waals surface area contributed by atoms with Gasteiger partial charge in [-0.3, -0.25) is 4.90 Å². The highest BCUT2D eigenvalue weighted by Gasteiger charge is 2.40. The number of piperidine rings is 1. The fraction of sp³-hybridized carbons (Fsp3) is 0.435. The van der Waals surface area contributed by atoms with Gasteiger partial charge in [0.05, 0.1) is 0 Å². The average molecular weight is 381 g/mol. The van der Waals surface area contributed by atoms with E-state index in [9.17, 15) is 9.18 Å². The van der Waals surface area contributed by atoms with Gasteiger partial charge in [-0.15, -0.1) is 0 Å². The number of rotatable bonds is 4. The van der Waals surface area contributed by atoms with E-state index < -0.39 is 0 Å². The Morgan fingerprint density at radius 3 is 2.25 bits per heavy atom. The minimum absolute atomic E-state index is 0.124. The van der Waals surface area contributed by atoms with Crippen LogP contribution in [-0.4, -0.2) is 29.1 Å². The molecule has 2 heterocycles. The fourth-order valence-corrected chi connectivity index (χ4v) is 4.85. The van der Waals surface area contributed by atoms with Gasteiger partial charge in [-0.25, -0.2) is 9.18 Å². The molecule has 2 bridgehead atoms. The van der Waals surface area contributed by atoms with Crippen LogP contribution in [0, 0.1) is 19.7 Å². The van der Waals surface area contributed by atoms with Gasteiger partial charge in [0, 0.05) is 30.4 Å². The van der Waals surface area contributed by atoms with E-state index in [0.29, 0.717) is 12.1 Å². The molecular formula is C23H28FN3O. The standard InChI is InChI=1S/C23H28FN3O/c1-15-9-16(2)11-19(10-15)25-23(28)26-20-12-21-7-8-22(13-20)27(21)14-17-3-5-18(24)6-4-17/h3-6,9-11,20-22H,7-8,12-14H2,1-2H3,(H2,25,26,28). The molecule has 2 N–H and O–H groups in total. The van der Waals surface area contributed by atoms with Gasteiger partial charge in [0.1, 0.15) is 5.82 Å². The van der Waals surface area contributed by atoms with Crippen molar-refractivity contribution in [3.8, 4) is 0 Å². The van der Waals surface area contributed by atoms with Gasteiger partial charge in [0.15, 0.2) is 0 Å². The molecule has 2 aliphatic rings. The van der Waals surface area contributed by atoms with Gasteiger partial charge in [-0.1, -0.05) is 18.2 Å². The molecule has 4 nitrogen and oxygen atoms in total. The molecule has 148 valence electrons. The Kier molecular flexibility index (Phi) is 5.36. The maximum atomic E-state index is 13.1. The summed E-state index contributed by atoms with van der Waals surface area (Å²) in [6.07, 6.45) is 4.28. The van der Waals surface area contributed by atoms with Crippen LogP contribution in [0.3, 0.4) is 0 Å². The smallest absolute Gasteiger partial charge is 0.319 e. The van der Waals surface area contributed by atoms with Gasteiger partial charge >= 0.3 is 6.03 Å². The maximum absolute atomic E-state index is 13.1. The highest BCUT2D eigenvalue weighted by Crippen LogP contribution is 2.36. The first kappa shape index (κ1) is 18.9. The van der Waals surface area contributed by atoms with Crippen LogP contribution in [0.1, 0.15) is 42.4 Å². The molecule has 0 aromatic heterocycles. The number of nitrogens with zero attached hydrogens (tertiary/aromatic N) is 1. The van der Waals surface area contributed by atoms with Crippen LogP contribution in [0.25, 0.3) is 0 Å². The van der Waals surface area contributed by atoms with E-state index >= 15 is 0 Å². The fourth-order valence-electron chi connectivity index (χ4n) is 4.85. The van der Waals surface area contributed by atoms with Crippen molar-refractivity contribution in [2.24, 2.45) is 0 Å². The van der Waals surface area contributed by atoms with Crippen LogP contribution in [0.2, 0.25) is 0 Å². The number of nitrogens with one attached hydrogen (secondary N) is 2. The van der Waals surface area contributed by atoms with Crippen LogP contribution in [0.4, 0.5) is 14.9 Å². The molecule has 0 aliphatic carbocycles. The Morgan fingerprint density at radius 1 is 1.04 bits per heavy atom. The third-order valence-corrected chi connectivity index (χ3v) is 5.98. The summed E-state index contributed by atoms with van der Waals surface area (Å²) in [4.78, 5) is 15.0. The number of hydrogen-bond acceptors (Lipinski definition) is 2. The molecule has 2 atom stereocenters. The number of carbonyl (C=O) groups is 1. The summed E-state index contributed by atoms with van der Waals surface area (Å²) in [7, 11) is 0.